The van der Waals surface area contributed by atoms with Crippen LogP contribution in [0.4, 0.5) is 4.79 Å². The zero-order valence-electron chi connectivity index (χ0n) is 15.1. The summed E-state index contributed by atoms with van der Waals surface area (Å²) in [4.78, 5) is 39.5. The van der Waals surface area contributed by atoms with Crippen molar-refractivity contribution >= 4 is 29.2 Å². The van der Waals surface area contributed by atoms with Gasteiger partial charge in [0, 0.05) is 16.5 Å². The number of esters is 1. The average molecular weight is 375 g/mol. The summed E-state index contributed by atoms with van der Waals surface area (Å²) in [6, 6.07) is 7.12. The Morgan fingerprint density at radius 2 is 1.81 bits per heavy atom. The van der Waals surface area contributed by atoms with Gasteiger partial charge in [0.25, 0.3) is 5.91 Å². The molecular formula is C18H21N3O4S. The Morgan fingerprint density at radius 3 is 2.42 bits per heavy atom. The lowest BCUT2D eigenvalue weighted by atomic mass is 10.1. The molecule has 1 heterocycles. The van der Waals surface area contributed by atoms with Crippen LogP contribution in [0.15, 0.2) is 29.6 Å². The van der Waals surface area contributed by atoms with Crippen molar-refractivity contribution in [3.63, 3.8) is 0 Å². The fourth-order valence-electron chi connectivity index (χ4n) is 1.94. The van der Waals surface area contributed by atoms with Crippen molar-refractivity contribution in [2.75, 3.05) is 6.61 Å². The third kappa shape index (κ3) is 5.96. The Bertz CT molecular complexity index is 807. The third-order valence-electron chi connectivity index (χ3n) is 3.09. The number of hydrogen-bond donors (Lipinski definition) is 2. The molecule has 2 aromatic rings. The molecule has 2 N–H and O–H groups in total. The molecule has 138 valence electrons. The highest BCUT2D eigenvalue weighted by Gasteiger charge is 2.18. The number of hydrogen-bond acceptors (Lipinski definition) is 6. The number of aryl methyl sites for hydroxylation is 1. The van der Waals surface area contributed by atoms with Gasteiger partial charge < -0.3 is 10.1 Å². The molecule has 0 fully saturated rings. The minimum absolute atomic E-state index is 0.123. The highest BCUT2D eigenvalue weighted by atomic mass is 32.1. The molecule has 0 saturated heterocycles. The van der Waals surface area contributed by atoms with E-state index in [4.69, 9.17) is 4.74 Å². The number of carbonyl (C=O) groups excluding carboxylic acids is 3. The lowest BCUT2D eigenvalue weighted by Crippen LogP contribution is -2.49. The van der Waals surface area contributed by atoms with E-state index in [9.17, 15) is 14.4 Å². The lowest BCUT2D eigenvalue weighted by molar-refractivity contribution is -0.123. The van der Waals surface area contributed by atoms with Crippen LogP contribution >= 0.6 is 11.3 Å². The van der Waals surface area contributed by atoms with Crippen molar-refractivity contribution in [1.82, 2.24) is 15.6 Å². The Labute approximate surface area is 155 Å². The second-order valence-corrected chi connectivity index (χ2v) is 7.59. The first-order chi connectivity index (χ1) is 12.1. The van der Waals surface area contributed by atoms with Crippen LogP contribution in [0.3, 0.4) is 0 Å². The first-order valence-electron chi connectivity index (χ1n) is 7.96. The van der Waals surface area contributed by atoms with E-state index in [2.05, 4.69) is 15.6 Å². The minimum Gasteiger partial charge on any atom is -0.451 e. The van der Waals surface area contributed by atoms with E-state index in [1.54, 1.807) is 26.2 Å². The van der Waals surface area contributed by atoms with Crippen LogP contribution in [0.25, 0.3) is 10.6 Å². The van der Waals surface area contributed by atoms with Crippen LogP contribution < -0.4 is 10.6 Å². The van der Waals surface area contributed by atoms with Crippen molar-refractivity contribution in [2.24, 2.45) is 0 Å². The molecule has 0 bridgehead atoms. The number of imide groups is 1. The van der Waals surface area contributed by atoms with Crippen LogP contribution in [0.2, 0.25) is 0 Å². The molecule has 1 aromatic heterocycles. The quantitative estimate of drug-likeness (QED) is 0.801. The standard InChI is InChI=1S/C18H21N3O4S/c1-11-5-7-12(8-6-11)15-19-13(10-26-15)16(23)25-9-14(22)20-17(24)21-18(2,3)4/h5-8,10H,9H2,1-4H3,(H2,20,21,22,24). The van der Waals surface area contributed by atoms with Gasteiger partial charge in [0.15, 0.2) is 12.3 Å². The monoisotopic (exact) mass is 375 g/mol. The first-order valence-corrected chi connectivity index (χ1v) is 8.84. The number of aromatic nitrogens is 1. The van der Waals surface area contributed by atoms with Crippen molar-refractivity contribution in [3.8, 4) is 10.6 Å². The molecule has 0 atom stereocenters. The predicted molar refractivity (Wildman–Crippen MR) is 99.0 cm³/mol. The van der Waals surface area contributed by atoms with Crippen molar-refractivity contribution in [2.45, 2.75) is 33.2 Å². The number of amides is 3. The van der Waals surface area contributed by atoms with Gasteiger partial charge in [0.2, 0.25) is 0 Å². The summed E-state index contributed by atoms with van der Waals surface area (Å²) in [6.45, 7) is 6.77. The first kappa shape index (κ1) is 19.6. The molecule has 7 nitrogen and oxygen atoms in total. The van der Waals surface area contributed by atoms with Crippen LogP contribution in [0.1, 0.15) is 36.8 Å². The van der Waals surface area contributed by atoms with Gasteiger partial charge >= 0.3 is 12.0 Å². The number of nitrogens with zero attached hydrogens (tertiary/aromatic N) is 1. The predicted octanol–water partition coefficient (Wildman–Crippen LogP) is 2.90. The van der Waals surface area contributed by atoms with E-state index in [0.717, 1.165) is 11.1 Å². The van der Waals surface area contributed by atoms with Crippen molar-refractivity contribution in [3.05, 3.63) is 40.9 Å². The number of carbonyl (C=O) groups is 3. The van der Waals surface area contributed by atoms with E-state index in [1.807, 2.05) is 31.2 Å². The highest BCUT2D eigenvalue weighted by molar-refractivity contribution is 7.13. The van der Waals surface area contributed by atoms with Gasteiger partial charge in [-0.05, 0) is 27.7 Å². The summed E-state index contributed by atoms with van der Waals surface area (Å²) < 4.78 is 4.90. The Balaban J connectivity index is 1.87. The maximum Gasteiger partial charge on any atom is 0.358 e. The zero-order chi connectivity index (χ0) is 19.3. The summed E-state index contributed by atoms with van der Waals surface area (Å²) in [5.41, 5.74) is 1.67. The van der Waals surface area contributed by atoms with Crippen molar-refractivity contribution in [1.29, 1.82) is 0 Å². The van der Waals surface area contributed by atoms with E-state index < -0.39 is 30.1 Å². The molecule has 0 spiro atoms. The molecule has 0 aliphatic heterocycles. The van der Waals surface area contributed by atoms with E-state index in [-0.39, 0.29) is 5.69 Å². The SMILES string of the molecule is Cc1ccc(-c2nc(C(=O)OCC(=O)NC(=O)NC(C)(C)C)cs2)cc1. The maximum atomic E-state index is 12.0. The van der Waals surface area contributed by atoms with Crippen LogP contribution in [-0.2, 0) is 9.53 Å². The summed E-state index contributed by atoms with van der Waals surface area (Å²) >= 11 is 1.31. The van der Waals surface area contributed by atoms with Gasteiger partial charge in [0.05, 0.1) is 0 Å². The fourth-order valence-corrected chi connectivity index (χ4v) is 2.73. The molecule has 0 radical (unpaired) electrons. The van der Waals surface area contributed by atoms with Gasteiger partial charge in [-0.15, -0.1) is 11.3 Å². The zero-order valence-corrected chi connectivity index (χ0v) is 15.9. The number of ether oxygens (including phenoxy) is 1. The average Bonchev–Trinajstić information content (AvgIpc) is 3.01. The fraction of sp³-hybridized carbons (Fsp3) is 0.333. The Kier molecular flexibility index (Phi) is 6.10. The molecule has 0 aliphatic carbocycles. The van der Waals surface area contributed by atoms with Gasteiger partial charge in [-0.1, -0.05) is 29.8 Å². The molecule has 26 heavy (non-hydrogen) atoms. The number of nitrogens with one attached hydrogen (secondary N) is 2. The minimum atomic E-state index is -0.717. The maximum absolute atomic E-state index is 12.0. The van der Waals surface area contributed by atoms with Crippen LogP contribution in [0, 0.1) is 6.92 Å². The molecule has 1 aromatic carbocycles. The number of urea groups is 1. The van der Waals surface area contributed by atoms with Gasteiger partial charge in [-0.3, -0.25) is 10.1 Å². The molecular weight excluding hydrogens is 354 g/mol. The summed E-state index contributed by atoms with van der Waals surface area (Å²) in [7, 11) is 0. The highest BCUT2D eigenvalue weighted by Crippen LogP contribution is 2.24. The number of rotatable bonds is 4. The summed E-state index contributed by atoms with van der Waals surface area (Å²) in [5.74, 6) is -1.43. The smallest absolute Gasteiger partial charge is 0.358 e. The second kappa shape index (κ2) is 8.09. The molecule has 8 heteroatoms. The van der Waals surface area contributed by atoms with Crippen molar-refractivity contribution < 1.29 is 19.1 Å². The van der Waals surface area contributed by atoms with Crippen LogP contribution in [-0.4, -0.2) is 35.0 Å². The molecule has 0 unspecified atom stereocenters. The normalized spacial score (nSPS) is 10.9. The van der Waals surface area contributed by atoms with Gasteiger partial charge in [0.1, 0.15) is 5.01 Å². The third-order valence-corrected chi connectivity index (χ3v) is 3.98. The summed E-state index contributed by atoms with van der Waals surface area (Å²) in [5, 5.41) is 6.93. The van der Waals surface area contributed by atoms with E-state index >= 15 is 0 Å². The molecule has 3 amide bonds. The number of thiazole rings is 1. The Hall–Kier alpha value is -2.74. The summed E-state index contributed by atoms with van der Waals surface area (Å²) in [6.07, 6.45) is 0. The Morgan fingerprint density at radius 1 is 1.15 bits per heavy atom. The van der Waals surface area contributed by atoms with E-state index in [1.165, 1.54) is 11.3 Å². The molecule has 2 rings (SSSR count). The lowest BCUT2D eigenvalue weighted by Gasteiger charge is -2.20. The second-order valence-electron chi connectivity index (χ2n) is 6.73. The van der Waals surface area contributed by atoms with Gasteiger partial charge in [-0.2, -0.15) is 0 Å². The largest absolute Gasteiger partial charge is 0.451 e. The topological polar surface area (TPSA) is 97.4 Å². The molecule has 0 aliphatic rings. The van der Waals surface area contributed by atoms with Gasteiger partial charge in [-0.25, -0.2) is 14.6 Å². The molecule has 0 saturated carbocycles. The van der Waals surface area contributed by atoms with E-state index in [0.29, 0.717) is 5.01 Å². The van der Waals surface area contributed by atoms with Crippen LogP contribution in [0.5, 0.6) is 0 Å². The number of benzene rings is 1.